The molecule has 2 aromatic heterocycles. The van der Waals surface area contributed by atoms with Crippen LogP contribution in [0.25, 0.3) is 0 Å². The van der Waals surface area contributed by atoms with Crippen molar-refractivity contribution in [3.8, 4) is 5.75 Å². The Labute approximate surface area is 155 Å². The van der Waals surface area contributed by atoms with Crippen LogP contribution in [0.1, 0.15) is 33.3 Å². The second kappa shape index (κ2) is 7.19. The number of oxazole rings is 1. The van der Waals surface area contributed by atoms with Crippen molar-refractivity contribution in [2.24, 2.45) is 0 Å². The van der Waals surface area contributed by atoms with E-state index < -0.39 is 0 Å². The van der Waals surface area contributed by atoms with E-state index in [4.69, 9.17) is 9.15 Å². The minimum atomic E-state index is -0.365. The standard InChI is InChI=1S/C20H18FN3O3/c1-13-8-16(10-22-9-13)26-12-19-23-17-6-7-24(11-18(17)27-19)20(25)14-2-4-15(21)5-3-14/h2-5,8-10H,6-7,11-12H2,1H3. The molecule has 0 spiro atoms. The molecule has 1 aliphatic rings. The summed E-state index contributed by atoms with van der Waals surface area (Å²) in [7, 11) is 0. The molecular formula is C20H18FN3O3. The van der Waals surface area contributed by atoms with Gasteiger partial charge in [-0.05, 0) is 42.8 Å². The number of aryl methyl sites for hydroxylation is 1. The summed E-state index contributed by atoms with van der Waals surface area (Å²) in [5.41, 5.74) is 2.31. The van der Waals surface area contributed by atoms with E-state index in [-0.39, 0.29) is 18.3 Å². The predicted molar refractivity (Wildman–Crippen MR) is 94.7 cm³/mol. The van der Waals surface area contributed by atoms with Crippen molar-refractivity contribution in [3.63, 3.8) is 0 Å². The van der Waals surface area contributed by atoms with Crippen LogP contribution in [0.15, 0.2) is 47.1 Å². The number of hydrogen-bond donors (Lipinski definition) is 0. The number of pyridine rings is 1. The molecule has 3 heterocycles. The third-order valence-corrected chi connectivity index (χ3v) is 4.37. The molecule has 1 aliphatic heterocycles. The van der Waals surface area contributed by atoms with Crippen LogP contribution in [0.4, 0.5) is 4.39 Å². The minimum absolute atomic E-state index is 0.152. The zero-order chi connectivity index (χ0) is 18.8. The van der Waals surface area contributed by atoms with Gasteiger partial charge in [0.2, 0.25) is 5.89 Å². The van der Waals surface area contributed by atoms with Crippen molar-refractivity contribution in [2.75, 3.05) is 6.54 Å². The molecule has 0 N–H and O–H groups in total. The van der Waals surface area contributed by atoms with Crippen molar-refractivity contribution in [1.82, 2.24) is 14.9 Å². The molecule has 0 radical (unpaired) electrons. The van der Waals surface area contributed by atoms with Crippen LogP contribution in [0.3, 0.4) is 0 Å². The second-order valence-electron chi connectivity index (χ2n) is 6.45. The molecule has 0 bridgehead atoms. The van der Waals surface area contributed by atoms with E-state index in [9.17, 15) is 9.18 Å². The van der Waals surface area contributed by atoms with Crippen LogP contribution in [0.5, 0.6) is 5.75 Å². The summed E-state index contributed by atoms with van der Waals surface area (Å²) >= 11 is 0. The lowest BCUT2D eigenvalue weighted by molar-refractivity contribution is 0.0718. The average Bonchev–Trinajstić information content (AvgIpc) is 3.08. The first-order valence-corrected chi connectivity index (χ1v) is 8.65. The van der Waals surface area contributed by atoms with Crippen LogP contribution in [-0.4, -0.2) is 27.3 Å². The Bertz CT molecular complexity index is 969. The van der Waals surface area contributed by atoms with Crippen molar-refractivity contribution < 1.29 is 18.3 Å². The van der Waals surface area contributed by atoms with Crippen LogP contribution >= 0.6 is 0 Å². The minimum Gasteiger partial charge on any atom is -0.482 e. The van der Waals surface area contributed by atoms with Crippen LogP contribution in [-0.2, 0) is 19.6 Å². The van der Waals surface area contributed by atoms with E-state index in [0.717, 1.165) is 11.3 Å². The summed E-state index contributed by atoms with van der Waals surface area (Å²) in [6, 6.07) is 7.43. The number of benzene rings is 1. The maximum atomic E-state index is 13.0. The van der Waals surface area contributed by atoms with Crippen molar-refractivity contribution in [1.29, 1.82) is 0 Å². The highest BCUT2D eigenvalue weighted by molar-refractivity contribution is 5.94. The van der Waals surface area contributed by atoms with Gasteiger partial charge in [0.05, 0.1) is 18.4 Å². The lowest BCUT2D eigenvalue weighted by Gasteiger charge is -2.25. The molecule has 0 unspecified atom stereocenters. The van der Waals surface area contributed by atoms with E-state index in [1.54, 1.807) is 17.3 Å². The third kappa shape index (κ3) is 3.81. The van der Waals surface area contributed by atoms with E-state index in [2.05, 4.69) is 9.97 Å². The van der Waals surface area contributed by atoms with Gasteiger partial charge in [0.15, 0.2) is 6.61 Å². The van der Waals surface area contributed by atoms with Crippen LogP contribution in [0, 0.1) is 12.7 Å². The molecule has 4 rings (SSSR count). The second-order valence-corrected chi connectivity index (χ2v) is 6.45. The molecule has 0 saturated carbocycles. The van der Waals surface area contributed by atoms with Gasteiger partial charge in [0.1, 0.15) is 17.3 Å². The fraction of sp³-hybridized carbons (Fsp3) is 0.250. The smallest absolute Gasteiger partial charge is 0.254 e. The molecule has 0 atom stereocenters. The molecule has 3 aromatic rings. The number of rotatable bonds is 4. The number of carbonyl (C=O) groups is 1. The van der Waals surface area contributed by atoms with Crippen LogP contribution < -0.4 is 4.74 Å². The monoisotopic (exact) mass is 367 g/mol. The maximum absolute atomic E-state index is 13.0. The summed E-state index contributed by atoms with van der Waals surface area (Å²) in [6.07, 6.45) is 4.00. The van der Waals surface area contributed by atoms with Gasteiger partial charge in [0, 0.05) is 24.7 Å². The Morgan fingerprint density at radius 1 is 1.30 bits per heavy atom. The maximum Gasteiger partial charge on any atom is 0.254 e. The number of amides is 1. The molecule has 0 aliphatic carbocycles. The Balaban J connectivity index is 1.42. The van der Waals surface area contributed by atoms with Gasteiger partial charge in [-0.2, -0.15) is 0 Å². The van der Waals surface area contributed by atoms with Gasteiger partial charge in [-0.25, -0.2) is 9.37 Å². The molecular weight excluding hydrogens is 349 g/mol. The van der Waals surface area contributed by atoms with Gasteiger partial charge in [-0.3, -0.25) is 9.78 Å². The first kappa shape index (κ1) is 17.2. The summed E-state index contributed by atoms with van der Waals surface area (Å²) in [6.45, 7) is 3.02. The highest BCUT2D eigenvalue weighted by Crippen LogP contribution is 2.22. The van der Waals surface area contributed by atoms with E-state index >= 15 is 0 Å². The SMILES string of the molecule is Cc1cncc(OCc2nc3c(o2)CN(C(=O)c2ccc(F)cc2)CC3)c1. The molecule has 6 nitrogen and oxygen atoms in total. The largest absolute Gasteiger partial charge is 0.482 e. The van der Waals surface area contributed by atoms with Crippen molar-refractivity contribution >= 4 is 5.91 Å². The molecule has 0 fully saturated rings. The molecule has 27 heavy (non-hydrogen) atoms. The van der Waals surface area contributed by atoms with E-state index in [0.29, 0.717) is 42.5 Å². The average molecular weight is 367 g/mol. The molecule has 1 aromatic carbocycles. The van der Waals surface area contributed by atoms with Gasteiger partial charge in [-0.1, -0.05) is 0 Å². The zero-order valence-electron chi connectivity index (χ0n) is 14.8. The number of carbonyl (C=O) groups excluding carboxylic acids is 1. The number of nitrogens with zero attached hydrogens (tertiary/aromatic N) is 3. The van der Waals surface area contributed by atoms with E-state index in [1.807, 2.05) is 13.0 Å². The molecule has 1 amide bonds. The summed E-state index contributed by atoms with van der Waals surface area (Å²) in [5, 5.41) is 0. The van der Waals surface area contributed by atoms with E-state index in [1.165, 1.54) is 24.3 Å². The Hall–Kier alpha value is -3.22. The first-order valence-electron chi connectivity index (χ1n) is 8.65. The number of ether oxygens (including phenoxy) is 1. The number of halogens is 1. The number of fused-ring (bicyclic) bond motifs is 1. The summed E-state index contributed by atoms with van der Waals surface area (Å²) in [5.74, 6) is 1.27. The zero-order valence-corrected chi connectivity index (χ0v) is 14.8. The van der Waals surface area contributed by atoms with Gasteiger partial charge >= 0.3 is 0 Å². The number of aromatic nitrogens is 2. The van der Waals surface area contributed by atoms with Gasteiger partial charge in [-0.15, -0.1) is 0 Å². The quantitative estimate of drug-likeness (QED) is 0.708. The van der Waals surface area contributed by atoms with Crippen molar-refractivity contribution in [2.45, 2.75) is 26.5 Å². The first-order chi connectivity index (χ1) is 13.1. The molecule has 0 saturated heterocycles. The highest BCUT2D eigenvalue weighted by atomic mass is 19.1. The Kier molecular flexibility index (Phi) is 4.58. The Morgan fingerprint density at radius 3 is 2.89 bits per heavy atom. The normalized spacial score (nSPS) is 13.3. The number of hydrogen-bond acceptors (Lipinski definition) is 5. The highest BCUT2D eigenvalue weighted by Gasteiger charge is 2.26. The molecule has 138 valence electrons. The van der Waals surface area contributed by atoms with Crippen LogP contribution in [0.2, 0.25) is 0 Å². The lowest BCUT2D eigenvalue weighted by Crippen LogP contribution is -2.35. The van der Waals surface area contributed by atoms with Crippen molar-refractivity contribution in [3.05, 3.63) is 77.0 Å². The fourth-order valence-electron chi connectivity index (χ4n) is 3.01. The fourth-order valence-corrected chi connectivity index (χ4v) is 3.01. The van der Waals surface area contributed by atoms with Gasteiger partial charge in [0.25, 0.3) is 5.91 Å². The third-order valence-electron chi connectivity index (χ3n) is 4.37. The lowest BCUT2D eigenvalue weighted by atomic mass is 10.1. The Morgan fingerprint density at radius 2 is 2.11 bits per heavy atom. The predicted octanol–water partition coefficient (Wildman–Crippen LogP) is 3.29. The summed E-state index contributed by atoms with van der Waals surface area (Å²) < 4.78 is 24.5. The van der Waals surface area contributed by atoms with Gasteiger partial charge < -0.3 is 14.1 Å². The molecule has 7 heteroatoms. The summed E-state index contributed by atoms with van der Waals surface area (Å²) in [4.78, 5) is 22.8. The topological polar surface area (TPSA) is 68.5 Å².